The van der Waals surface area contributed by atoms with Gasteiger partial charge >= 0.3 is 0 Å². The van der Waals surface area contributed by atoms with Gasteiger partial charge in [-0.1, -0.05) is 24.3 Å². The Hall–Kier alpha value is -2.36. The second kappa shape index (κ2) is 5.52. The maximum absolute atomic E-state index is 13.3. The molecular formula is C15H13FNO2. The van der Waals surface area contributed by atoms with E-state index in [0.717, 1.165) is 5.56 Å². The molecule has 0 fully saturated rings. The quantitative estimate of drug-likeness (QED) is 0.916. The second-order valence-electron chi connectivity index (χ2n) is 4.01. The van der Waals surface area contributed by atoms with E-state index in [4.69, 9.17) is 10.5 Å². The summed E-state index contributed by atoms with van der Waals surface area (Å²) in [6, 6.07) is 11.4. The van der Waals surface area contributed by atoms with Crippen molar-refractivity contribution >= 4 is 5.91 Å². The Morgan fingerprint density at radius 2 is 1.89 bits per heavy atom. The molecule has 0 saturated heterocycles. The summed E-state index contributed by atoms with van der Waals surface area (Å²) in [5, 5.41) is 0. The number of hydrogen-bond acceptors (Lipinski definition) is 2. The van der Waals surface area contributed by atoms with Gasteiger partial charge in [-0.2, -0.15) is 0 Å². The zero-order chi connectivity index (χ0) is 13.8. The molecule has 0 unspecified atom stereocenters. The van der Waals surface area contributed by atoms with E-state index in [-0.39, 0.29) is 5.82 Å². The van der Waals surface area contributed by atoms with E-state index in [2.05, 4.69) is 0 Å². The number of rotatable bonds is 4. The number of methoxy groups -OCH3 is 1. The van der Waals surface area contributed by atoms with Gasteiger partial charge in [-0.05, 0) is 29.3 Å². The second-order valence-corrected chi connectivity index (χ2v) is 4.01. The summed E-state index contributed by atoms with van der Waals surface area (Å²) in [5.74, 6) is -0.243. The predicted octanol–water partition coefficient (Wildman–Crippen LogP) is 2.54. The van der Waals surface area contributed by atoms with Crippen LogP contribution in [0.25, 0.3) is 11.1 Å². The topological polar surface area (TPSA) is 52.3 Å². The van der Waals surface area contributed by atoms with Gasteiger partial charge in [0, 0.05) is 5.56 Å². The van der Waals surface area contributed by atoms with Crippen LogP contribution in [0.5, 0.6) is 5.75 Å². The minimum atomic E-state index is -0.504. The molecular weight excluding hydrogens is 245 g/mol. The normalized spacial score (nSPS) is 10.2. The molecule has 0 saturated carbocycles. The van der Waals surface area contributed by atoms with E-state index >= 15 is 0 Å². The highest BCUT2D eigenvalue weighted by Gasteiger charge is 2.07. The van der Waals surface area contributed by atoms with Gasteiger partial charge in [0.2, 0.25) is 5.91 Å². The van der Waals surface area contributed by atoms with Crippen LogP contribution in [0.2, 0.25) is 0 Å². The first-order valence-electron chi connectivity index (χ1n) is 5.68. The van der Waals surface area contributed by atoms with Gasteiger partial charge in [-0.3, -0.25) is 4.79 Å². The summed E-state index contributed by atoms with van der Waals surface area (Å²) < 4.78 is 18.5. The highest BCUT2D eigenvalue weighted by atomic mass is 19.1. The van der Waals surface area contributed by atoms with Crippen LogP contribution in [0.3, 0.4) is 0 Å². The zero-order valence-electron chi connectivity index (χ0n) is 10.4. The first-order valence-corrected chi connectivity index (χ1v) is 5.68. The van der Waals surface area contributed by atoms with E-state index in [1.807, 2.05) is 0 Å². The fourth-order valence-electron chi connectivity index (χ4n) is 1.83. The van der Waals surface area contributed by atoms with Gasteiger partial charge in [0.05, 0.1) is 13.5 Å². The number of ether oxygens (including phenoxy) is 1. The highest BCUT2D eigenvalue weighted by molar-refractivity contribution is 5.87. The van der Waals surface area contributed by atoms with Crippen LogP contribution >= 0.6 is 0 Å². The summed E-state index contributed by atoms with van der Waals surface area (Å²) in [4.78, 5) is 10.8. The lowest BCUT2D eigenvalue weighted by Crippen LogP contribution is -2.11. The van der Waals surface area contributed by atoms with Crippen molar-refractivity contribution in [3.63, 3.8) is 0 Å². The van der Waals surface area contributed by atoms with Crippen molar-refractivity contribution in [1.29, 1.82) is 0 Å². The molecule has 1 amide bonds. The van der Waals surface area contributed by atoms with Gasteiger partial charge in [-0.25, -0.2) is 4.39 Å². The molecule has 19 heavy (non-hydrogen) atoms. The number of carbonyl (C=O) groups is 1. The lowest BCUT2D eigenvalue weighted by molar-refractivity contribution is -0.114. The third-order valence-corrected chi connectivity index (χ3v) is 2.69. The Morgan fingerprint density at radius 1 is 1.21 bits per heavy atom. The molecule has 97 valence electrons. The average Bonchev–Trinajstić information content (AvgIpc) is 2.39. The van der Waals surface area contributed by atoms with Crippen LogP contribution in [0.1, 0.15) is 5.56 Å². The smallest absolute Gasteiger partial charge is 0.226 e. The van der Waals surface area contributed by atoms with Crippen LogP contribution in [-0.4, -0.2) is 13.0 Å². The van der Waals surface area contributed by atoms with Crippen molar-refractivity contribution in [3.8, 4) is 16.9 Å². The maximum Gasteiger partial charge on any atom is 0.226 e. The number of halogens is 1. The monoisotopic (exact) mass is 258 g/mol. The van der Waals surface area contributed by atoms with Gasteiger partial charge in [-0.15, -0.1) is 0 Å². The van der Waals surface area contributed by atoms with E-state index in [0.29, 0.717) is 16.9 Å². The van der Waals surface area contributed by atoms with Crippen LogP contribution in [0.4, 0.5) is 4.39 Å². The molecule has 2 aromatic carbocycles. The van der Waals surface area contributed by atoms with Crippen molar-refractivity contribution in [1.82, 2.24) is 0 Å². The predicted molar refractivity (Wildman–Crippen MR) is 71.0 cm³/mol. The van der Waals surface area contributed by atoms with E-state index in [1.165, 1.54) is 25.7 Å². The number of primary amides is 1. The molecule has 2 N–H and O–H groups in total. The van der Waals surface area contributed by atoms with Crippen molar-refractivity contribution < 1.29 is 13.9 Å². The Kier molecular flexibility index (Phi) is 3.80. The van der Waals surface area contributed by atoms with Gasteiger partial charge < -0.3 is 10.5 Å². The molecule has 1 radical (unpaired) electrons. The maximum atomic E-state index is 13.3. The average molecular weight is 258 g/mol. The van der Waals surface area contributed by atoms with Crippen molar-refractivity contribution in [2.45, 2.75) is 0 Å². The minimum absolute atomic E-state index is 0.330. The molecule has 4 heteroatoms. The summed E-state index contributed by atoms with van der Waals surface area (Å²) in [6.45, 7) is 0. The molecule has 0 aliphatic carbocycles. The molecule has 2 aromatic rings. The summed E-state index contributed by atoms with van der Waals surface area (Å²) >= 11 is 0. The lowest BCUT2D eigenvalue weighted by atomic mass is 10.0. The van der Waals surface area contributed by atoms with Gasteiger partial charge in [0.15, 0.2) is 0 Å². The molecule has 0 bridgehead atoms. The van der Waals surface area contributed by atoms with Gasteiger partial charge in [0.1, 0.15) is 11.6 Å². The zero-order valence-corrected chi connectivity index (χ0v) is 10.4. The van der Waals surface area contributed by atoms with Gasteiger partial charge in [0.25, 0.3) is 0 Å². The standard InChI is InChI=1S/C15H13FNO2/c1-19-14-7-6-12(16)9-13(14)11-4-2-10(3-5-11)8-15(17)18/h2-9H,1H3,(H2,17,18). The molecule has 3 nitrogen and oxygen atoms in total. The molecule has 2 rings (SSSR count). The fraction of sp³-hybridized carbons (Fsp3) is 0.0667. The number of hydrogen-bond donors (Lipinski definition) is 1. The van der Waals surface area contributed by atoms with Crippen molar-refractivity contribution in [3.05, 3.63) is 60.3 Å². The minimum Gasteiger partial charge on any atom is -0.496 e. The third-order valence-electron chi connectivity index (χ3n) is 2.69. The number of carbonyl (C=O) groups excluding carboxylic acids is 1. The molecule has 0 atom stereocenters. The Bertz CT molecular complexity index is 594. The van der Waals surface area contributed by atoms with Crippen molar-refractivity contribution in [2.75, 3.05) is 7.11 Å². The van der Waals surface area contributed by atoms with Crippen LogP contribution in [-0.2, 0) is 4.79 Å². The Balaban J connectivity index is 2.36. The molecule has 0 aliphatic heterocycles. The molecule has 0 spiro atoms. The molecule has 0 aliphatic rings. The highest BCUT2D eigenvalue weighted by Crippen LogP contribution is 2.30. The first kappa shape index (κ1) is 13.1. The van der Waals surface area contributed by atoms with Crippen LogP contribution < -0.4 is 10.5 Å². The molecule has 0 heterocycles. The Labute approximate surface area is 110 Å². The lowest BCUT2D eigenvalue weighted by Gasteiger charge is -2.09. The number of benzene rings is 2. The van der Waals surface area contributed by atoms with Crippen LogP contribution in [0.15, 0.2) is 42.5 Å². The summed E-state index contributed by atoms with van der Waals surface area (Å²) in [6.07, 6.45) is 1.33. The summed E-state index contributed by atoms with van der Waals surface area (Å²) in [7, 11) is 1.53. The fourth-order valence-corrected chi connectivity index (χ4v) is 1.83. The third kappa shape index (κ3) is 3.10. The van der Waals surface area contributed by atoms with Crippen LogP contribution in [0, 0.1) is 12.2 Å². The van der Waals surface area contributed by atoms with Crippen molar-refractivity contribution in [2.24, 2.45) is 5.73 Å². The SMILES string of the molecule is COc1ccc(F)cc1-c1ccc([CH]C(N)=O)cc1. The number of nitrogens with two attached hydrogens (primary N) is 1. The molecule has 0 aromatic heterocycles. The van der Waals surface area contributed by atoms with E-state index in [1.54, 1.807) is 30.3 Å². The Morgan fingerprint density at radius 3 is 2.47 bits per heavy atom. The summed E-state index contributed by atoms with van der Waals surface area (Å²) in [5.41, 5.74) is 7.24. The largest absolute Gasteiger partial charge is 0.496 e. The first-order chi connectivity index (χ1) is 9.10. The number of amides is 1. The van der Waals surface area contributed by atoms with E-state index in [9.17, 15) is 9.18 Å². The van der Waals surface area contributed by atoms with E-state index < -0.39 is 5.91 Å².